The Balaban J connectivity index is 1.82. The van der Waals surface area contributed by atoms with E-state index in [9.17, 15) is 14.4 Å². The molecule has 2 aromatic heterocycles. The van der Waals surface area contributed by atoms with E-state index in [1.807, 2.05) is 30.3 Å². The van der Waals surface area contributed by atoms with Gasteiger partial charge in [0.15, 0.2) is 5.69 Å². The van der Waals surface area contributed by atoms with E-state index < -0.39 is 11.5 Å². The minimum atomic E-state index is -0.659. The lowest BCUT2D eigenvalue weighted by Crippen LogP contribution is -2.25. The van der Waals surface area contributed by atoms with Crippen molar-refractivity contribution in [3.63, 3.8) is 0 Å². The molecule has 0 saturated carbocycles. The number of ether oxygens (including phenoxy) is 1. The van der Waals surface area contributed by atoms with Gasteiger partial charge in [-0.3, -0.25) is 9.59 Å². The molecule has 9 heteroatoms. The summed E-state index contributed by atoms with van der Waals surface area (Å²) in [6, 6.07) is 15.8. The molecule has 4 rings (SSSR count). The molecule has 1 N–H and O–H groups in total. The largest absolute Gasteiger partial charge is 0.461 e. The summed E-state index contributed by atoms with van der Waals surface area (Å²) in [5.41, 5.74) is 0.742. The van der Waals surface area contributed by atoms with Crippen LogP contribution in [0.5, 0.6) is 0 Å². The summed E-state index contributed by atoms with van der Waals surface area (Å²) >= 11 is 7.24. The monoisotopic (exact) mass is 467 g/mol. The topological polar surface area (TPSA) is 90.3 Å². The first-order chi connectivity index (χ1) is 15.5. The number of hydrogen-bond acceptors (Lipinski definition) is 6. The van der Waals surface area contributed by atoms with E-state index in [2.05, 4.69) is 10.4 Å². The van der Waals surface area contributed by atoms with E-state index in [0.717, 1.165) is 21.6 Å². The van der Waals surface area contributed by atoms with Crippen molar-refractivity contribution in [1.29, 1.82) is 0 Å². The predicted molar refractivity (Wildman–Crippen MR) is 125 cm³/mol. The number of carbonyl (C=O) groups excluding carboxylic acids is 2. The zero-order valence-corrected chi connectivity index (χ0v) is 18.6. The number of rotatable bonds is 6. The van der Waals surface area contributed by atoms with Crippen molar-refractivity contribution >= 4 is 50.6 Å². The van der Waals surface area contributed by atoms with Crippen LogP contribution in [0.15, 0.2) is 64.8 Å². The Labute approximate surface area is 192 Å². The molecule has 0 saturated heterocycles. The number of esters is 1. The van der Waals surface area contributed by atoms with Gasteiger partial charge in [0, 0.05) is 15.8 Å². The third-order valence-corrected chi connectivity index (χ3v) is 5.76. The maximum atomic E-state index is 13.4. The minimum absolute atomic E-state index is 0.0127. The lowest BCUT2D eigenvalue weighted by Gasteiger charge is -2.10. The van der Waals surface area contributed by atoms with Crippen LogP contribution in [0.25, 0.3) is 16.5 Å². The molecule has 0 fully saturated rings. The van der Waals surface area contributed by atoms with Gasteiger partial charge in [0.1, 0.15) is 5.00 Å². The Morgan fingerprint density at radius 1 is 1.16 bits per heavy atom. The number of fused-ring (bicyclic) bond motifs is 1. The van der Waals surface area contributed by atoms with Gasteiger partial charge in [0.05, 0.1) is 24.1 Å². The third-order valence-electron chi connectivity index (χ3n) is 4.63. The molecule has 0 aliphatic carbocycles. The number of aromatic nitrogens is 2. The van der Waals surface area contributed by atoms with E-state index in [0.29, 0.717) is 21.1 Å². The fraction of sp³-hybridized carbons (Fsp3) is 0.130. The molecule has 7 nitrogen and oxygen atoms in total. The lowest BCUT2D eigenvalue weighted by molar-refractivity contribution is -0.115. The fourth-order valence-corrected chi connectivity index (χ4v) is 4.36. The first-order valence-electron chi connectivity index (χ1n) is 9.79. The predicted octanol–water partition coefficient (Wildman–Crippen LogP) is 4.46. The highest BCUT2D eigenvalue weighted by Gasteiger charge is 2.23. The van der Waals surface area contributed by atoms with Gasteiger partial charge in [0.2, 0.25) is 5.91 Å². The summed E-state index contributed by atoms with van der Waals surface area (Å²) in [6.45, 7) is 1.84. The van der Waals surface area contributed by atoms with Gasteiger partial charge in [-0.2, -0.15) is 9.78 Å². The Hall–Kier alpha value is -3.49. The van der Waals surface area contributed by atoms with Gasteiger partial charge in [-0.1, -0.05) is 48.0 Å². The number of halogens is 1. The first kappa shape index (κ1) is 21.7. The third kappa shape index (κ3) is 4.42. The van der Waals surface area contributed by atoms with Crippen molar-refractivity contribution in [2.75, 3.05) is 11.9 Å². The molecule has 0 unspecified atom stereocenters. The number of nitrogens with zero attached hydrogens (tertiary/aromatic N) is 2. The van der Waals surface area contributed by atoms with Crippen molar-refractivity contribution in [3.05, 3.63) is 86.6 Å². The van der Waals surface area contributed by atoms with Crippen molar-refractivity contribution in [2.45, 2.75) is 13.3 Å². The van der Waals surface area contributed by atoms with Crippen molar-refractivity contribution in [3.8, 4) is 5.69 Å². The molecule has 0 radical (unpaired) electrons. The van der Waals surface area contributed by atoms with Crippen LogP contribution in [0.3, 0.4) is 0 Å². The molecule has 0 atom stereocenters. The summed E-state index contributed by atoms with van der Waals surface area (Å²) in [4.78, 5) is 38.6. The first-order valence-corrected chi connectivity index (χ1v) is 11.0. The van der Waals surface area contributed by atoms with Gasteiger partial charge in [-0.25, -0.2) is 4.79 Å². The number of carbonyl (C=O) groups is 2. The van der Waals surface area contributed by atoms with Crippen molar-refractivity contribution < 1.29 is 14.3 Å². The SMILES string of the molecule is CCOC(=O)c1nn(-c2cccc(Cl)c2)c(=O)c2c(NC(=O)Cc3ccccc3)scc12. The second kappa shape index (κ2) is 9.33. The van der Waals surface area contributed by atoms with Crippen molar-refractivity contribution in [2.24, 2.45) is 0 Å². The molecule has 0 aliphatic heterocycles. The average Bonchev–Trinajstić information content (AvgIpc) is 3.19. The van der Waals surface area contributed by atoms with E-state index in [4.69, 9.17) is 16.3 Å². The highest BCUT2D eigenvalue weighted by molar-refractivity contribution is 7.16. The molecular weight excluding hydrogens is 450 g/mol. The molecule has 0 aliphatic rings. The zero-order chi connectivity index (χ0) is 22.7. The maximum Gasteiger partial charge on any atom is 0.359 e. The van der Waals surface area contributed by atoms with E-state index in [-0.39, 0.29) is 30.0 Å². The molecule has 0 spiro atoms. The maximum absolute atomic E-state index is 13.4. The van der Waals surface area contributed by atoms with Crippen LogP contribution in [-0.4, -0.2) is 28.3 Å². The second-order valence-corrected chi connectivity index (χ2v) is 8.15. The number of hydrogen-bond donors (Lipinski definition) is 1. The quantitative estimate of drug-likeness (QED) is 0.423. The van der Waals surface area contributed by atoms with Gasteiger partial charge in [-0.05, 0) is 30.7 Å². The standard InChI is InChI=1S/C23H18ClN3O4S/c1-2-31-23(30)20-17-13-32-21(25-18(28)11-14-7-4-3-5-8-14)19(17)22(29)27(26-20)16-10-6-9-15(24)12-16/h3-10,12-13H,2,11H2,1H3,(H,25,28). The van der Waals surface area contributed by atoms with Gasteiger partial charge < -0.3 is 10.1 Å². The van der Waals surface area contributed by atoms with Gasteiger partial charge in [0.25, 0.3) is 5.56 Å². The Kier molecular flexibility index (Phi) is 6.34. The fourth-order valence-electron chi connectivity index (χ4n) is 3.23. The summed E-state index contributed by atoms with van der Waals surface area (Å²) < 4.78 is 6.23. The number of benzene rings is 2. The van der Waals surface area contributed by atoms with Crippen LogP contribution >= 0.6 is 22.9 Å². The summed E-state index contributed by atoms with van der Waals surface area (Å²) in [7, 11) is 0. The Morgan fingerprint density at radius 3 is 2.66 bits per heavy atom. The van der Waals surface area contributed by atoms with Crippen LogP contribution in [-0.2, 0) is 16.0 Å². The van der Waals surface area contributed by atoms with Crippen molar-refractivity contribution in [1.82, 2.24) is 9.78 Å². The van der Waals surface area contributed by atoms with Gasteiger partial charge >= 0.3 is 5.97 Å². The summed E-state index contributed by atoms with van der Waals surface area (Å²) in [5.74, 6) is -0.934. The summed E-state index contributed by atoms with van der Waals surface area (Å²) in [6.07, 6.45) is 0.151. The van der Waals surface area contributed by atoms with E-state index >= 15 is 0 Å². The Bertz CT molecular complexity index is 1360. The van der Waals surface area contributed by atoms with Crippen LogP contribution < -0.4 is 10.9 Å². The molecule has 4 aromatic rings. The molecule has 1 amide bonds. The molecule has 2 heterocycles. The number of amides is 1. The van der Waals surface area contributed by atoms with Crippen LogP contribution in [0.2, 0.25) is 5.02 Å². The molecule has 162 valence electrons. The van der Waals surface area contributed by atoms with Crippen LogP contribution in [0, 0.1) is 0 Å². The summed E-state index contributed by atoms with van der Waals surface area (Å²) in [5, 5.41) is 9.95. The normalized spacial score (nSPS) is 10.8. The number of thiophene rings is 1. The molecule has 2 aromatic carbocycles. The molecular formula is C23H18ClN3O4S. The van der Waals surface area contributed by atoms with Crippen LogP contribution in [0.4, 0.5) is 5.00 Å². The highest BCUT2D eigenvalue weighted by Crippen LogP contribution is 2.31. The Morgan fingerprint density at radius 2 is 1.94 bits per heavy atom. The zero-order valence-electron chi connectivity index (χ0n) is 17.0. The average molecular weight is 468 g/mol. The lowest BCUT2D eigenvalue weighted by atomic mass is 10.1. The molecule has 32 heavy (non-hydrogen) atoms. The number of anilines is 1. The van der Waals surface area contributed by atoms with Gasteiger partial charge in [-0.15, -0.1) is 11.3 Å². The minimum Gasteiger partial charge on any atom is -0.461 e. The van der Waals surface area contributed by atoms with E-state index in [1.165, 1.54) is 0 Å². The highest BCUT2D eigenvalue weighted by atomic mass is 35.5. The smallest absolute Gasteiger partial charge is 0.359 e. The van der Waals surface area contributed by atoms with Crippen LogP contribution in [0.1, 0.15) is 23.0 Å². The number of nitrogens with one attached hydrogen (secondary N) is 1. The molecule has 0 bridgehead atoms. The van der Waals surface area contributed by atoms with E-state index in [1.54, 1.807) is 36.6 Å². The second-order valence-electron chi connectivity index (χ2n) is 6.83.